The van der Waals surface area contributed by atoms with E-state index in [1.54, 1.807) is 13.8 Å². The van der Waals surface area contributed by atoms with Crippen LogP contribution in [0.15, 0.2) is 0 Å². The molecule has 1 unspecified atom stereocenters. The molecular weight excluding hydrogens is 224 g/mol. The van der Waals surface area contributed by atoms with Crippen molar-refractivity contribution in [3.63, 3.8) is 0 Å². The van der Waals surface area contributed by atoms with Crippen LogP contribution in [-0.4, -0.2) is 36.9 Å². The zero-order valence-electron chi connectivity index (χ0n) is 10.2. The second-order valence-corrected chi connectivity index (χ2v) is 3.88. The minimum Gasteiger partial charge on any atom is -0.346 e. The summed E-state index contributed by atoms with van der Waals surface area (Å²) < 4.78 is 10.3. The standard InChI is InChI=1S/C12H18O5/c1-3-16-12(17-4-2)11(15)8-6-5-7-9(13)10(8)14/h8,12H,3-7H2,1-2H3. The second-order valence-electron chi connectivity index (χ2n) is 3.88. The van der Waals surface area contributed by atoms with Crippen LogP contribution in [0, 0.1) is 5.92 Å². The molecule has 0 spiro atoms. The number of ketones is 3. The average Bonchev–Trinajstić information content (AvgIpc) is 2.31. The van der Waals surface area contributed by atoms with Gasteiger partial charge >= 0.3 is 0 Å². The van der Waals surface area contributed by atoms with E-state index in [-0.39, 0.29) is 6.42 Å². The molecule has 0 aromatic rings. The predicted octanol–water partition coefficient (Wildman–Crippen LogP) is 0.893. The van der Waals surface area contributed by atoms with Crippen molar-refractivity contribution in [2.75, 3.05) is 13.2 Å². The van der Waals surface area contributed by atoms with Gasteiger partial charge in [0.1, 0.15) is 0 Å². The van der Waals surface area contributed by atoms with Gasteiger partial charge in [-0.3, -0.25) is 14.4 Å². The molecule has 1 atom stereocenters. The highest BCUT2D eigenvalue weighted by Gasteiger charge is 2.38. The van der Waals surface area contributed by atoms with E-state index in [9.17, 15) is 14.4 Å². The Morgan fingerprint density at radius 2 is 1.88 bits per heavy atom. The number of carbonyl (C=O) groups is 3. The van der Waals surface area contributed by atoms with Crippen LogP contribution >= 0.6 is 0 Å². The molecule has 17 heavy (non-hydrogen) atoms. The predicted molar refractivity (Wildman–Crippen MR) is 59.4 cm³/mol. The summed E-state index contributed by atoms with van der Waals surface area (Å²) in [5.41, 5.74) is 0. The van der Waals surface area contributed by atoms with Gasteiger partial charge in [0.2, 0.25) is 12.1 Å². The van der Waals surface area contributed by atoms with Gasteiger partial charge < -0.3 is 9.47 Å². The molecule has 0 N–H and O–H groups in total. The zero-order chi connectivity index (χ0) is 12.8. The van der Waals surface area contributed by atoms with Crippen LogP contribution in [0.25, 0.3) is 0 Å². The first-order valence-corrected chi connectivity index (χ1v) is 5.95. The van der Waals surface area contributed by atoms with E-state index >= 15 is 0 Å². The Bertz CT molecular complexity index is 304. The van der Waals surface area contributed by atoms with Crippen LogP contribution in [0.4, 0.5) is 0 Å². The molecule has 0 aromatic heterocycles. The highest BCUT2D eigenvalue weighted by Crippen LogP contribution is 2.21. The van der Waals surface area contributed by atoms with Gasteiger partial charge in [0.15, 0.2) is 11.6 Å². The molecule has 5 nitrogen and oxygen atoms in total. The first kappa shape index (κ1) is 14.0. The van der Waals surface area contributed by atoms with Gasteiger partial charge in [0.05, 0.1) is 5.92 Å². The normalized spacial score (nSPS) is 21.0. The second kappa shape index (κ2) is 6.61. The van der Waals surface area contributed by atoms with Crippen LogP contribution < -0.4 is 0 Å². The number of hydrogen-bond donors (Lipinski definition) is 0. The Morgan fingerprint density at radius 3 is 2.41 bits per heavy atom. The average molecular weight is 242 g/mol. The molecule has 0 radical (unpaired) electrons. The summed E-state index contributed by atoms with van der Waals surface area (Å²) in [5.74, 6) is -2.35. The molecule has 0 aromatic carbocycles. The topological polar surface area (TPSA) is 69.7 Å². The molecule has 1 rings (SSSR count). The van der Waals surface area contributed by atoms with Crippen molar-refractivity contribution in [3.8, 4) is 0 Å². The van der Waals surface area contributed by atoms with E-state index in [0.717, 1.165) is 0 Å². The van der Waals surface area contributed by atoms with Crippen molar-refractivity contribution in [3.05, 3.63) is 0 Å². The molecule has 1 saturated carbocycles. The lowest BCUT2D eigenvalue weighted by atomic mass is 9.84. The SMILES string of the molecule is CCOC(OCC)C(=O)C1CCCC(=O)C1=O. The third-order valence-corrected chi connectivity index (χ3v) is 2.70. The fourth-order valence-electron chi connectivity index (χ4n) is 1.87. The molecule has 96 valence electrons. The molecule has 0 heterocycles. The minimum absolute atomic E-state index is 0.247. The lowest BCUT2D eigenvalue weighted by Gasteiger charge is -2.23. The Labute approximate surface area is 100 Å². The number of ether oxygens (including phenoxy) is 2. The highest BCUT2D eigenvalue weighted by molar-refractivity contribution is 6.42. The van der Waals surface area contributed by atoms with Crippen LogP contribution in [0.1, 0.15) is 33.1 Å². The Hall–Kier alpha value is -1.07. The highest BCUT2D eigenvalue weighted by atomic mass is 16.7. The van der Waals surface area contributed by atoms with E-state index in [0.29, 0.717) is 26.1 Å². The van der Waals surface area contributed by atoms with E-state index in [4.69, 9.17) is 9.47 Å². The molecule has 0 amide bonds. The summed E-state index contributed by atoms with van der Waals surface area (Å²) in [7, 11) is 0. The molecule has 5 heteroatoms. The summed E-state index contributed by atoms with van der Waals surface area (Å²) in [6.45, 7) is 4.14. The van der Waals surface area contributed by atoms with Crippen molar-refractivity contribution >= 4 is 17.3 Å². The zero-order valence-corrected chi connectivity index (χ0v) is 10.2. The third kappa shape index (κ3) is 3.44. The van der Waals surface area contributed by atoms with Crippen molar-refractivity contribution in [1.29, 1.82) is 0 Å². The van der Waals surface area contributed by atoms with Crippen molar-refractivity contribution in [1.82, 2.24) is 0 Å². The Balaban J connectivity index is 2.71. The summed E-state index contributed by atoms with van der Waals surface area (Å²) >= 11 is 0. The smallest absolute Gasteiger partial charge is 0.218 e. The van der Waals surface area contributed by atoms with Crippen LogP contribution in [0.2, 0.25) is 0 Å². The number of hydrogen-bond acceptors (Lipinski definition) is 5. The first-order valence-electron chi connectivity index (χ1n) is 5.95. The summed E-state index contributed by atoms with van der Waals surface area (Å²) in [5, 5.41) is 0. The van der Waals surface area contributed by atoms with Crippen LogP contribution in [-0.2, 0) is 23.9 Å². The molecule has 1 fully saturated rings. The van der Waals surface area contributed by atoms with Gasteiger partial charge in [-0.2, -0.15) is 0 Å². The fourth-order valence-corrected chi connectivity index (χ4v) is 1.87. The lowest BCUT2D eigenvalue weighted by Crippen LogP contribution is -2.41. The number of rotatable bonds is 6. The van der Waals surface area contributed by atoms with Gasteiger partial charge in [0, 0.05) is 19.6 Å². The van der Waals surface area contributed by atoms with Gasteiger partial charge in [0.25, 0.3) is 0 Å². The maximum atomic E-state index is 12.0. The van der Waals surface area contributed by atoms with E-state index in [1.807, 2.05) is 0 Å². The van der Waals surface area contributed by atoms with E-state index in [2.05, 4.69) is 0 Å². The van der Waals surface area contributed by atoms with Crippen LogP contribution in [0.5, 0.6) is 0 Å². The van der Waals surface area contributed by atoms with Gasteiger partial charge in [-0.25, -0.2) is 0 Å². The summed E-state index contributed by atoms with van der Waals surface area (Å²) in [6, 6.07) is 0. The first-order chi connectivity index (χ1) is 8.11. The summed E-state index contributed by atoms with van der Waals surface area (Å²) in [4.78, 5) is 34.9. The minimum atomic E-state index is -1.02. The van der Waals surface area contributed by atoms with Crippen molar-refractivity contribution < 1.29 is 23.9 Å². The number of carbonyl (C=O) groups excluding carboxylic acids is 3. The molecule has 1 aliphatic carbocycles. The van der Waals surface area contributed by atoms with Gasteiger partial charge in [-0.1, -0.05) is 0 Å². The maximum absolute atomic E-state index is 12.0. The summed E-state index contributed by atoms with van der Waals surface area (Å²) in [6.07, 6.45) is 0.215. The van der Waals surface area contributed by atoms with Crippen LogP contribution in [0.3, 0.4) is 0 Å². The van der Waals surface area contributed by atoms with Crippen molar-refractivity contribution in [2.45, 2.75) is 39.4 Å². The van der Waals surface area contributed by atoms with Gasteiger partial charge in [-0.05, 0) is 26.7 Å². The maximum Gasteiger partial charge on any atom is 0.218 e. The Morgan fingerprint density at radius 1 is 1.29 bits per heavy atom. The number of Topliss-reactive ketones (excluding diaryl/α,β-unsaturated/α-hetero) is 3. The molecule has 1 aliphatic rings. The third-order valence-electron chi connectivity index (χ3n) is 2.70. The molecule has 0 saturated heterocycles. The van der Waals surface area contributed by atoms with E-state index < -0.39 is 29.6 Å². The van der Waals surface area contributed by atoms with E-state index in [1.165, 1.54) is 0 Å². The molecule has 0 aliphatic heterocycles. The largest absolute Gasteiger partial charge is 0.346 e. The van der Waals surface area contributed by atoms with Gasteiger partial charge in [-0.15, -0.1) is 0 Å². The lowest BCUT2D eigenvalue weighted by molar-refractivity contribution is -0.174. The molecule has 0 bridgehead atoms. The van der Waals surface area contributed by atoms with Crippen molar-refractivity contribution in [2.24, 2.45) is 5.92 Å². The Kier molecular flexibility index (Phi) is 5.44. The quantitative estimate of drug-likeness (QED) is 0.393. The monoisotopic (exact) mass is 242 g/mol. The fraction of sp³-hybridized carbons (Fsp3) is 0.750. The molecular formula is C12H18O5.